The summed E-state index contributed by atoms with van der Waals surface area (Å²) in [5.41, 5.74) is 1.94. The van der Waals surface area contributed by atoms with Crippen molar-refractivity contribution in [2.24, 2.45) is 5.92 Å². The molecule has 2 aromatic heterocycles. The molecule has 1 fully saturated rings. The van der Waals surface area contributed by atoms with Gasteiger partial charge in [-0.2, -0.15) is 0 Å². The van der Waals surface area contributed by atoms with Crippen LogP contribution in [-0.2, 0) is 4.79 Å². The topological polar surface area (TPSA) is 65.1 Å². The lowest BCUT2D eigenvalue weighted by atomic mass is 10.0. The van der Waals surface area contributed by atoms with Crippen LogP contribution in [0.2, 0.25) is 0 Å². The van der Waals surface area contributed by atoms with E-state index in [2.05, 4.69) is 33.7 Å². The number of carbonyl (C=O) groups is 1. The molecule has 29 heavy (non-hydrogen) atoms. The van der Waals surface area contributed by atoms with Crippen molar-refractivity contribution in [2.45, 2.75) is 39.8 Å². The largest absolute Gasteiger partial charge is 0.349 e. The molecule has 1 N–H and O–H groups in total. The number of rotatable bonds is 3. The van der Waals surface area contributed by atoms with E-state index in [0.717, 1.165) is 16.8 Å². The Bertz CT molecular complexity index is 1050. The van der Waals surface area contributed by atoms with Crippen LogP contribution in [0, 0.1) is 11.7 Å². The van der Waals surface area contributed by atoms with Gasteiger partial charge in [-0.3, -0.25) is 4.79 Å². The molecule has 3 aromatic rings. The van der Waals surface area contributed by atoms with E-state index < -0.39 is 0 Å². The van der Waals surface area contributed by atoms with Gasteiger partial charge in [0.05, 0.1) is 5.39 Å². The molecule has 152 valence electrons. The summed E-state index contributed by atoms with van der Waals surface area (Å²) in [5.74, 6) is 0.632. The molecule has 4 rings (SSSR count). The van der Waals surface area contributed by atoms with Gasteiger partial charge in [0.25, 0.3) is 0 Å². The summed E-state index contributed by atoms with van der Waals surface area (Å²) in [6.45, 7) is 9.31. The molecule has 0 aliphatic carbocycles. The smallest absolute Gasteiger partial charge is 0.225 e. The van der Waals surface area contributed by atoms with Crippen LogP contribution in [0.5, 0.6) is 0 Å². The van der Waals surface area contributed by atoms with Crippen LogP contribution in [-0.4, -0.2) is 50.9 Å². The van der Waals surface area contributed by atoms with Crippen molar-refractivity contribution in [3.05, 3.63) is 42.6 Å². The molecular formula is C22H26FN5O. The maximum Gasteiger partial charge on any atom is 0.225 e. The second-order valence-electron chi connectivity index (χ2n) is 8.10. The number of carbonyl (C=O) groups excluding carboxylic acids is 1. The molecule has 1 saturated heterocycles. The fraction of sp³-hybridized carbons (Fsp3) is 0.409. The number of fused-ring (bicyclic) bond motifs is 1. The van der Waals surface area contributed by atoms with Gasteiger partial charge in [-0.25, -0.2) is 14.4 Å². The highest BCUT2D eigenvalue weighted by atomic mass is 19.1. The molecule has 2 atom stereocenters. The molecule has 1 aliphatic heterocycles. The molecule has 1 amide bonds. The van der Waals surface area contributed by atoms with Crippen LogP contribution >= 0.6 is 0 Å². The monoisotopic (exact) mass is 395 g/mol. The Morgan fingerprint density at radius 2 is 1.90 bits per heavy atom. The maximum atomic E-state index is 14.5. The second kappa shape index (κ2) is 7.46. The van der Waals surface area contributed by atoms with E-state index in [-0.39, 0.29) is 29.7 Å². The summed E-state index contributed by atoms with van der Waals surface area (Å²) in [7, 11) is 0. The van der Waals surface area contributed by atoms with Crippen LogP contribution in [0.4, 0.5) is 10.2 Å². The molecule has 0 saturated carbocycles. The number of aromatic amines is 1. The number of halogens is 1. The summed E-state index contributed by atoms with van der Waals surface area (Å²) < 4.78 is 14.5. The zero-order valence-electron chi connectivity index (χ0n) is 17.2. The van der Waals surface area contributed by atoms with Gasteiger partial charge in [0, 0.05) is 48.4 Å². The Hall–Kier alpha value is -2.96. The van der Waals surface area contributed by atoms with Crippen molar-refractivity contribution in [3.63, 3.8) is 0 Å². The van der Waals surface area contributed by atoms with Gasteiger partial charge < -0.3 is 14.8 Å². The summed E-state index contributed by atoms with van der Waals surface area (Å²) in [6.07, 6.45) is 3.32. The SMILES string of the molecule is CC(C)C(=O)N1C[C@@H](C)N(c2ncnc3[nH]cc(-c4ccccc4F)c23)C[C@@H]1C. The van der Waals surface area contributed by atoms with Gasteiger partial charge in [-0.1, -0.05) is 32.0 Å². The average Bonchev–Trinajstić information content (AvgIpc) is 3.13. The highest BCUT2D eigenvalue weighted by molar-refractivity contribution is 6.01. The number of amides is 1. The van der Waals surface area contributed by atoms with Crippen LogP contribution in [0.1, 0.15) is 27.7 Å². The van der Waals surface area contributed by atoms with E-state index >= 15 is 0 Å². The van der Waals surface area contributed by atoms with Gasteiger partial charge in [0.1, 0.15) is 23.6 Å². The minimum Gasteiger partial charge on any atom is -0.349 e. The Morgan fingerprint density at radius 1 is 1.14 bits per heavy atom. The summed E-state index contributed by atoms with van der Waals surface area (Å²) in [4.78, 5) is 28.8. The Balaban J connectivity index is 1.76. The summed E-state index contributed by atoms with van der Waals surface area (Å²) >= 11 is 0. The number of benzene rings is 1. The molecule has 0 radical (unpaired) electrons. The lowest BCUT2D eigenvalue weighted by molar-refractivity contribution is -0.137. The summed E-state index contributed by atoms with van der Waals surface area (Å²) in [6, 6.07) is 6.86. The third kappa shape index (κ3) is 3.34. The zero-order chi connectivity index (χ0) is 20.7. The van der Waals surface area contributed by atoms with Gasteiger partial charge >= 0.3 is 0 Å². The first-order valence-corrected chi connectivity index (χ1v) is 10.0. The molecule has 1 aliphatic rings. The predicted octanol–water partition coefficient (Wildman–Crippen LogP) is 3.85. The molecule has 7 heteroatoms. The fourth-order valence-corrected chi connectivity index (χ4v) is 4.12. The Morgan fingerprint density at radius 3 is 2.62 bits per heavy atom. The first kappa shape index (κ1) is 19.4. The molecule has 6 nitrogen and oxygen atoms in total. The van der Waals surface area contributed by atoms with Crippen LogP contribution < -0.4 is 4.90 Å². The summed E-state index contributed by atoms with van der Waals surface area (Å²) in [5, 5.41) is 0.806. The van der Waals surface area contributed by atoms with Gasteiger partial charge in [0.15, 0.2) is 0 Å². The molecule has 0 bridgehead atoms. The predicted molar refractivity (Wildman–Crippen MR) is 112 cm³/mol. The number of anilines is 1. The number of nitrogens with zero attached hydrogens (tertiary/aromatic N) is 4. The Labute approximate surface area is 169 Å². The van der Waals surface area contributed by atoms with E-state index in [4.69, 9.17) is 0 Å². The van der Waals surface area contributed by atoms with Crippen molar-refractivity contribution < 1.29 is 9.18 Å². The van der Waals surface area contributed by atoms with Crippen LogP contribution in [0.15, 0.2) is 36.8 Å². The van der Waals surface area contributed by atoms with E-state index in [1.165, 1.54) is 12.4 Å². The number of piperazine rings is 1. The third-order valence-electron chi connectivity index (χ3n) is 5.65. The van der Waals surface area contributed by atoms with Crippen LogP contribution in [0.3, 0.4) is 0 Å². The average molecular weight is 395 g/mol. The van der Waals surface area contributed by atoms with Crippen LogP contribution in [0.25, 0.3) is 22.2 Å². The third-order valence-corrected chi connectivity index (χ3v) is 5.65. The van der Waals surface area contributed by atoms with E-state index in [9.17, 15) is 9.18 Å². The van der Waals surface area contributed by atoms with Gasteiger partial charge in [0.2, 0.25) is 5.91 Å². The fourth-order valence-electron chi connectivity index (χ4n) is 4.12. The van der Waals surface area contributed by atoms with Crippen molar-refractivity contribution in [1.82, 2.24) is 19.9 Å². The molecular weight excluding hydrogens is 369 g/mol. The number of nitrogens with one attached hydrogen (secondary N) is 1. The van der Waals surface area contributed by atoms with E-state index in [1.807, 2.05) is 24.8 Å². The van der Waals surface area contributed by atoms with Crippen molar-refractivity contribution in [1.29, 1.82) is 0 Å². The molecule has 3 heterocycles. The molecule has 0 unspecified atom stereocenters. The van der Waals surface area contributed by atoms with Gasteiger partial charge in [-0.15, -0.1) is 0 Å². The minimum atomic E-state index is -0.281. The van der Waals surface area contributed by atoms with E-state index in [0.29, 0.717) is 24.3 Å². The maximum absolute atomic E-state index is 14.5. The first-order chi connectivity index (χ1) is 13.9. The first-order valence-electron chi connectivity index (χ1n) is 10.0. The minimum absolute atomic E-state index is 0.0284. The Kier molecular flexibility index (Phi) is 4.98. The van der Waals surface area contributed by atoms with E-state index in [1.54, 1.807) is 18.3 Å². The van der Waals surface area contributed by atoms with Crippen molar-refractivity contribution in [3.8, 4) is 11.1 Å². The molecule has 0 spiro atoms. The zero-order valence-corrected chi connectivity index (χ0v) is 17.2. The van der Waals surface area contributed by atoms with Crippen molar-refractivity contribution >= 4 is 22.8 Å². The number of H-pyrrole nitrogens is 1. The highest BCUT2D eigenvalue weighted by Crippen LogP contribution is 2.36. The second-order valence-corrected chi connectivity index (χ2v) is 8.10. The number of hydrogen-bond donors (Lipinski definition) is 1. The lowest BCUT2D eigenvalue weighted by Gasteiger charge is -2.45. The van der Waals surface area contributed by atoms with Crippen molar-refractivity contribution in [2.75, 3.05) is 18.0 Å². The quantitative estimate of drug-likeness (QED) is 0.732. The lowest BCUT2D eigenvalue weighted by Crippen LogP contribution is -2.59. The molecule has 1 aromatic carbocycles. The number of hydrogen-bond acceptors (Lipinski definition) is 4. The normalized spacial score (nSPS) is 19.9. The highest BCUT2D eigenvalue weighted by Gasteiger charge is 2.34. The number of aromatic nitrogens is 3. The standard InChI is InChI=1S/C22H26FN5O/c1-13(2)22(29)28-11-14(3)27(10-15(28)4)21-19-17(9-24-20(19)25-12-26-21)16-7-5-6-8-18(16)23/h5-9,12-15H,10-11H2,1-4H3,(H,24,25,26)/t14-,15+/m1/s1. The van der Waals surface area contributed by atoms with Gasteiger partial charge in [-0.05, 0) is 19.9 Å².